The largest absolute Gasteiger partial charge is 0.425 e. The number of esters is 2. The van der Waals surface area contributed by atoms with Crippen LogP contribution in [0, 0.1) is 13.8 Å². The van der Waals surface area contributed by atoms with Crippen molar-refractivity contribution in [2.75, 3.05) is 11.5 Å². The van der Waals surface area contributed by atoms with Gasteiger partial charge in [-0.2, -0.15) is 0 Å². The van der Waals surface area contributed by atoms with Gasteiger partial charge in [0.25, 0.3) is 0 Å². The highest BCUT2D eigenvalue weighted by Crippen LogP contribution is 2.43. The molecule has 4 nitrogen and oxygen atoms in total. The minimum absolute atomic E-state index is 0.172. The summed E-state index contributed by atoms with van der Waals surface area (Å²) < 4.78 is 12.3. The SMILES string of the molecule is CCCCCCCCCCCCSC(C)C(=O)Oc1cc(C)c(Sc2cc(C(C)(C)C)c(OC(=O)C(C)SCCCCCCCCCCCC)cc2C)cc1C(C)(C)C. The number of carbonyl (C=O) groups excluding carboxylic acids is 2. The summed E-state index contributed by atoms with van der Waals surface area (Å²) in [5.74, 6) is 2.94. The van der Waals surface area contributed by atoms with Gasteiger partial charge in [-0.1, -0.05) is 183 Å². The van der Waals surface area contributed by atoms with E-state index < -0.39 is 0 Å². The second-order valence-corrected chi connectivity index (χ2v) is 23.0. The van der Waals surface area contributed by atoms with Crippen LogP contribution in [-0.2, 0) is 20.4 Å². The Balaban J connectivity index is 2.02. The number of carbonyl (C=O) groups is 2. The summed E-state index contributed by atoms with van der Waals surface area (Å²) in [6.45, 7) is 25.7. The molecule has 0 aromatic heterocycles. The molecule has 2 atom stereocenters. The van der Waals surface area contributed by atoms with E-state index in [-0.39, 0.29) is 33.3 Å². The van der Waals surface area contributed by atoms with Crippen molar-refractivity contribution in [3.8, 4) is 11.5 Å². The van der Waals surface area contributed by atoms with Crippen molar-refractivity contribution in [3.63, 3.8) is 0 Å². The molecule has 0 amide bonds. The van der Waals surface area contributed by atoms with Crippen LogP contribution in [0.5, 0.6) is 11.5 Å². The molecule has 2 unspecified atom stereocenters. The Kier molecular flexibility index (Phi) is 26.3. The molecule has 2 aromatic carbocycles. The molecule has 2 rings (SSSR count). The van der Waals surface area contributed by atoms with Crippen molar-refractivity contribution >= 4 is 47.2 Å². The molecule has 2 aromatic rings. The fourth-order valence-electron chi connectivity index (χ4n) is 7.22. The van der Waals surface area contributed by atoms with E-state index in [1.165, 1.54) is 116 Å². The minimum atomic E-state index is -0.225. The van der Waals surface area contributed by atoms with Crippen LogP contribution < -0.4 is 9.47 Å². The molecule has 7 heteroatoms. The van der Waals surface area contributed by atoms with Gasteiger partial charge in [0.1, 0.15) is 22.0 Å². The van der Waals surface area contributed by atoms with Crippen molar-refractivity contribution in [2.24, 2.45) is 0 Å². The lowest BCUT2D eigenvalue weighted by atomic mass is 9.85. The zero-order valence-electron chi connectivity index (χ0n) is 39.9. The van der Waals surface area contributed by atoms with Gasteiger partial charge in [-0.25, -0.2) is 0 Å². The maximum Gasteiger partial charge on any atom is 0.324 e. The molecule has 0 spiro atoms. The first-order chi connectivity index (χ1) is 28.0. The molecule has 0 aliphatic heterocycles. The van der Waals surface area contributed by atoms with Crippen LogP contribution in [0.25, 0.3) is 0 Å². The van der Waals surface area contributed by atoms with Gasteiger partial charge in [-0.05, 0) is 98.3 Å². The summed E-state index contributed by atoms with van der Waals surface area (Å²) in [5, 5.41) is -0.430. The van der Waals surface area contributed by atoms with Crippen LogP contribution in [0.3, 0.4) is 0 Å². The quantitative estimate of drug-likeness (QED) is 0.0440. The maximum atomic E-state index is 13.4. The summed E-state index contributed by atoms with van der Waals surface area (Å²) in [6, 6.07) is 8.51. The standard InChI is InChI=1S/C52H86O4S3/c1-13-15-17-19-21-23-25-27-29-31-33-57-41(5)49(53)55-45-35-39(3)47(37-43(45)51(7,8)9)59-48-38-44(52(10,11)12)46(36-40(48)4)56-50(54)42(6)58-34-32-30-28-26-24-22-20-18-16-14-2/h35-38,41-42H,13-34H2,1-12H3. The molecule has 0 fully saturated rings. The van der Waals surface area contributed by atoms with Crippen molar-refractivity contribution in [2.45, 2.75) is 243 Å². The number of thioether (sulfide) groups is 2. The van der Waals surface area contributed by atoms with Crippen LogP contribution >= 0.6 is 35.3 Å². The Morgan fingerprint density at radius 2 is 0.780 bits per heavy atom. The fourth-order valence-corrected chi connectivity index (χ4v) is 10.1. The lowest BCUT2D eigenvalue weighted by molar-refractivity contribution is -0.134. The molecule has 0 bridgehead atoms. The van der Waals surface area contributed by atoms with E-state index in [0.29, 0.717) is 11.5 Å². The predicted octanol–water partition coefficient (Wildman–Crippen LogP) is 16.9. The normalized spacial score (nSPS) is 13.1. The van der Waals surface area contributed by atoms with Gasteiger partial charge in [0.15, 0.2) is 0 Å². The zero-order chi connectivity index (χ0) is 43.8. The molecule has 0 saturated heterocycles. The molecule has 0 radical (unpaired) electrons. The van der Waals surface area contributed by atoms with Gasteiger partial charge in [0.2, 0.25) is 0 Å². The molecule has 0 heterocycles. The number of unbranched alkanes of at least 4 members (excludes halogenated alkanes) is 18. The third-order valence-corrected chi connectivity index (χ3v) is 15.0. The van der Waals surface area contributed by atoms with Crippen LogP contribution in [0.4, 0.5) is 0 Å². The molecule has 0 aliphatic carbocycles. The van der Waals surface area contributed by atoms with E-state index in [0.717, 1.165) is 56.4 Å². The Morgan fingerprint density at radius 1 is 0.492 bits per heavy atom. The zero-order valence-corrected chi connectivity index (χ0v) is 42.3. The molecule has 0 aliphatic rings. The first-order valence-electron chi connectivity index (χ1n) is 23.6. The molecule has 0 saturated carbocycles. The first-order valence-corrected chi connectivity index (χ1v) is 26.6. The highest BCUT2D eigenvalue weighted by Gasteiger charge is 2.27. The summed E-state index contributed by atoms with van der Waals surface area (Å²) in [5.41, 5.74) is 3.73. The Bertz CT molecular complexity index is 1390. The van der Waals surface area contributed by atoms with E-state index >= 15 is 0 Å². The van der Waals surface area contributed by atoms with Crippen LogP contribution in [0.2, 0.25) is 0 Å². The second-order valence-electron chi connectivity index (χ2n) is 19.1. The molecule has 59 heavy (non-hydrogen) atoms. The van der Waals surface area contributed by atoms with Crippen molar-refractivity contribution in [1.82, 2.24) is 0 Å². The molecular weight excluding hydrogens is 785 g/mol. The lowest BCUT2D eigenvalue weighted by Crippen LogP contribution is -2.23. The highest BCUT2D eigenvalue weighted by molar-refractivity contribution is 8.00. The van der Waals surface area contributed by atoms with Gasteiger partial charge >= 0.3 is 11.9 Å². The van der Waals surface area contributed by atoms with Gasteiger partial charge in [-0.15, -0.1) is 23.5 Å². The van der Waals surface area contributed by atoms with Crippen LogP contribution in [0.1, 0.15) is 220 Å². The summed E-state index contributed by atoms with van der Waals surface area (Å²) in [4.78, 5) is 29.0. The summed E-state index contributed by atoms with van der Waals surface area (Å²) in [6.07, 6.45) is 26.3. The van der Waals surface area contributed by atoms with Crippen LogP contribution in [0.15, 0.2) is 34.1 Å². The predicted molar refractivity (Wildman–Crippen MR) is 263 cm³/mol. The number of hydrogen-bond acceptors (Lipinski definition) is 7. The lowest BCUT2D eigenvalue weighted by Gasteiger charge is -2.26. The van der Waals surface area contributed by atoms with E-state index in [9.17, 15) is 9.59 Å². The highest BCUT2D eigenvalue weighted by atomic mass is 32.2. The average molecular weight is 871 g/mol. The topological polar surface area (TPSA) is 52.6 Å². The third-order valence-electron chi connectivity index (χ3n) is 11.2. The average Bonchev–Trinajstić information content (AvgIpc) is 3.16. The van der Waals surface area contributed by atoms with Gasteiger partial charge < -0.3 is 9.47 Å². The number of rotatable bonds is 30. The number of benzene rings is 2. The smallest absolute Gasteiger partial charge is 0.324 e. The monoisotopic (exact) mass is 871 g/mol. The maximum absolute atomic E-state index is 13.4. The summed E-state index contributed by atoms with van der Waals surface area (Å²) in [7, 11) is 0. The van der Waals surface area contributed by atoms with Crippen LogP contribution in [-0.4, -0.2) is 33.9 Å². The van der Waals surface area contributed by atoms with Gasteiger partial charge in [0, 0.05) is 20.9 Å². The first kappa shape index (κ1) is 53.6. The Morgan fingerprint density at radius 3 is 1.07 bits per heavy atom. The van der Waals surface area contributed by atoms with Crippen molar-refractivity contribution < 1.29 is 19.1 Å². The van der Waals surface area contributed by atoms with Gasteiger partial charge in [0.05, 0.1) is 0 Å². The number of ether oxygens (including phenoxy) is 2. The van der Waals surface area contributed by atoms with E-state index in [1.807, 2.05) is 26.0 Å². The van der Waals surface area contributed by atoms with E-state index in [2.05, 4.69) is 81.4 Å². The number of aryl methyl sites for hydroxylation is 2. The van der Waals surface area contributed by atoms with Gasteiger partial charge in [-0.3, -0.25) is 9.59 Å². The summed E-state index contributed by atoms with van der Waals surface area (Å²) >= 11 is 5.15. The van der Waals surface area contributed by atoms with E-state index in [1.54, 1.807) is 35.3 Å². The molecule has 0 N–H and O–H groups in total. The minimum Gasteiger partial charge on any atom is -0.425 e. The second kappa shape index (κ2) is 28.9. The van der Waals surface area contributed by atoms with Crippen molar-refractivity contribution in [1.29, 1.82) is 0 Å². The molecular formula is C52H86O4S3. The van der Waals surface area contributed by atoms with Crippen molar-refractivity contribution in [3.05, 3.63) is 46.5 Å². The van der Waals surface area contributed by atoms with E-state index in [4.69, 9.17) is 9.47 Å². The third kappa shape index (κ3) is 21.4. The Hall–Kier alpha value is -1.57. The fraction of sp³-hybridized carbons (Fsp3) is 0.731. The molecule has 336 valence electrons. The number of hydrogen-bond donors (Lipinski definition) is 0. The Labute approximate surface area is 376 Å².